The maximum absolute atomic E-state index is 11.5. The molecule has 0 aliphatic carbocycles. The van der Waals surface area contributed by atoms with E-state index in [-0.39, 0.29) is 18.7 Å². The van der Waals surface area contributed by atoms with Gasteiger partial charge in [0, 0.05) is 25.4 Å². The van der Waals surface area contributed by atoms with Gasteiger partial charge in [-0.1, -0.05) is 0 Å². The van der Waals surface area contributed by atoms with Crippen molar-refractivity contribution in [3.63, 3.8) is 0 Å². The summed E-state index contributed by atoms with van der Waals surface area (Å²) in [5.74, 6) is -1.83. The molecule has 0 saturated heterocycles. The molecule has 1 aromatic heterocycles. The molecule has 1 aromatic rings. The van der Waals surface area contributed by atoms with Crippen molar-refractivity contribution in [3.8, 4) is 0 Å². The maximum atomic E-state index is 11.5. The van der Waals surface area contributed by atoms with Crippen molar-refractivity contribution in [1.82, 2.24) is 15.3 Å². The third-order valence-corrected chi connectivity index (χ3v) is 1.82. The Balaban J connectivity index is 2.65. The number of hydrogen-bond donors (Lipinski definition) is 3. The summed E-state index contributed by atoms with van der Waals surface area (Å²) < 4.78 is 0. The van der Waals surface area contributed by atoms with Gasteiger partial charge in [-0.25, -0.2) is 9.78 Å². The van der Waals surface area contributed by atoms with Gasteiger partial charge < -0.3 is 15.5 Å². The van der Waals surface area contributed by atoms with Crippen molar-refractivity contribution in [2.24, 2.45) is 0 Å². The first-order chi connectivity index (χ1) is 7.65. The van der Waals surface area contributed by atoms with E-state index in [0.29, 0.717) is 0 Å². The summed E-state index contributed by atoms with van der Waals surface area (Å²) in [5, 5.41) is 19.6. The number of carboxylic acids is 1. The monoisotopic (exact) mass is 225 g/mol. The van der Waals surface area contributed by atoms with Gasteiger partial charge in [0.05, 0.1) is 6.20 Å². The summed E-state index contributed by atoms with van der Waals surface area (Å²) in [4.78, 5) is 29.6. The van der Waals surface area contributed by atoms with Crippen molar-refractivity contribution in [2.45, 2.75) is 12.5 Å². The highest BCUT2D eigenvalue weighted by Gasteiger charge is 2.20. The average Bonchev–Trinajstić information content (AvgIpc) is 2.29. The Morgan fingerprint density at radius 1 is 1.44 bits per heavy atom. The lowest BCUT2D eigenvalue weighted by atomic mass is 10.2. The van der Waals surface area contributed by atoms with Crippen LogP contribution in [0.15, 0.2) is 18.6 Å². The first-order valence-electron chi connectivity index (χ1n) is 4.55. The average molecular weight is 225 g/mol. The molecular weight excluding hydrogens is 214 g/mol. The lowest BCUT2D eigenvalue weighted by molar-refractivity contribution is -0.139. The molecule has 86 valence electrons. The SMILES string of the molecule is O=C(NC(CCO)C(=O)O)c1cnccn1. The van der Waals surface area contributed by atoms with Crippen molar-refractivity contribution in [2.75, 3.05) is 6.61 Å². The van der Waals surface area contributed by atoms with Crippen LogP contribution < -0.4 is 5.32 Å². The second-order valence-corrected chi connectivity index (χ2v) is 2.97. The Morgan fingerprint density at radius 2 is 2.19 bits per heavy atom. The van der Waals surface area contributed by atoms with E-state index in [2.05, 4.69) is 15.3 Å². The predicted molar refractivity (Wildman–Crippen MR) is 52.6 cm³/mol. The molecule has 0 fully saturated rings. The molecule has 16 heavy (non-hydrogen) atoms. The number of rotatable bonds is 5. The van der Waals surface area contributed by atoms with Gasteiger partial charge in [-0.3, -0.25) is 9.78 Å². The van der Waals surface area contributed by atoms with Crippen LogP contribution in [0.3, 0.4) is 0 Å². The van der Waals surface area contributed by atoms with E-state index in [1.165, 1.54) is 18.6 Å². The fraction of sp³-hybridized carbons (Fsp3) is 0.333. The quantitative estimate of drug-likeness (QED) is 0.595. The van der Waals surface area contributed by atoms with E-state index in [1.807, 2.05) is 0 Å². The second-order valence-electron chi connectivity index (χ2n) is 2.97. The minimum atomic E-state index is -1.20. The number of nitrogens with one attached hydrogen (secondary N) is 1. The van der Waals surface area contributed by atoms with Crippen molar-refractivity contribution < 1.29 is 19.8 Å². The Kier molecular flexibility index (Phi) is 4.34. The van der Waals surface area contributed by atoms with E-state index in [0.717, 1.165) is 0 Å². The molecule has 1 heterocycles. The first kappa shape index (κ1) is 12.1. The van der Waals surface area contributed by atoms with Gasteiger partial charge in [0.2, 0.25) is 0 Å². The van der Waals surface area contributed by atoms with Gasteiger partial charge in [0.15, 0.2) is 0 Å². The Hall–Kier alpha value is -2.02. The molecule has 1 unspecified atom stereocenters. The Morgan fingerprint density at radius 3 is 2.69 bits per heavy atom. The normalized spacial score (nSPS) is 11.8. The number of carboxylic acid groups (broad SMARTS) is 1. The molecular formula is C9H11N3O4. The smallest absolute Gasteiger partial charge is 0.326 e. The van der Waals surface area contributed by atoms with Crippen LogP contribution in [-0.2, 0) is 4.79 Å². The summed E-state index contributed by atoms with van der Waals surface area (Å²) in [6, 6.07) is -1.13. The fourth-order valence-corrected chi connectivity index (χ4v) is 1.04. The van der Waals surface area contributed by atoms with Gasteiger partial charge in [0.25, 0.3) is 5.91 Å². The zero-order valence-corrected chi connectivity index (χ0v) is 8.33. The number of nitrogens with zero attached hydrogens (tertiary/aromatic N) is 2. The lowest BCUT2D eigenvalue weighted by Gasteiger charge is -2.12. The number of aliphatic hydroxyl groups is 1. The molecule has 7 heteroatoms. The molecule has 0 radical (unpaired) electrons. The van der Waals surface area contributed by atoms with Crippen LogP contribution in [0.2, 0.25) is 0 Å². The number of carbonyl (C=O) groups excluding carboxylic acids is 1. The topological polar surface area (TPSA) is 112 Å². The van der Waals surface area contributed by atoms with E-state index in [4.69, 9.17) is 10.2 Å². The molecule has 0 spiro atoms. The minimum absolute atomic E-state index is 0.0340. The third-order valence-electron chi connectivity index (χ3n) is 1.82. The summed E-state index contributed by atoms with van der Waals surface area (Å²) in [7, 11) is 0. The van der Waals surface area contributed by atoms with Gasteiger partial charge in [-0.2, -0.15) is 0 Å². The summed E-state index contributed by atoms with van der Waals surface area (Å²) in [6.07, 6.45) is 3.91. The zero-order valence-electron chi connectivity index (χ0n) is 8.33. The van der Waals surface area contributed by atoms with Gasteiger partial charge in [-0.15, -0.1) is 0 Å². The van der Waals surface area contributed by atoms with Crippen LogP contribution in [0.1, 0.15) is 16.9 Å². The Bertz CT molecular complexity index is 368. The van der Waals surface area contributed by atoms with Crippen LogP contribution in [-0.4, -0.2) is 44.7 Å². The molecule has 1 atom stereocenters. The molecule has 1 rings (SSSR count). The zero-order chi connectivity index (χ0) is 12.0. The highest BCUT2D eigenvalue weighted by Crippen LogP contribution is 1.96. The van der Waals surface area contributed by atoms with Gasteiger partial charge >= 0.3 is 5.97 Å². The number of aliphatic hydroxyl groups excluding tert-OH is 1. The molecule has 7 nitrogen and oxygen atoms in total. The second kappa shape index (κ2) is 5.76. The van der Waals surface area contributed by atoms with Crippen molar-refractivity contribution >= 4 is 11.9 Å². The molecule has 0 aliphatic rings. The summed E-state index contributed by atoms with van der Waals surface area (Å²) in [5.41, 5.74) is 0.0340. The number of aliphatic carboxylic acids is 1. The summed E-state index contributed by atoms with van der Waals surface area (Å²) >= 11 is 0. The van der Waals surface area contributed by atoms with Gasteiger partial charge in [0.1, 0.15) is 11.7 Å². The van der Waals surface area contributed by atoms with Crippen LogP contribution >= 0.6 is 0 Å². The van der Waals surface area contributed by atoms with Crippen molar-refractivity contribution in [1.29, 1.82) is 0 Å². The van der Waals surface area contributed by atoms with E-state index in [9.17, 15) is 9.59 Å². The lowest BCUT2D eigenvalue weighted by Crippen LogP contribution is -2.41. The number of carbonyl (C=O) groups is 2. The predicted octanol–water partition coefficient (Wildman–Crippen LogP) is -0.958. The molecule has 0 aliphatic heterocycles. The van der Waals surface area contributed by atoms with Crippen LogP contribution in [0.25, 0.3) is 0 Å². The standard InChI is InChI=1S/C9H11N3O4/c13-4-1-6(9(15)16)12-8(14)7-5-10-2-3-11-7/h2-3,5-6,13H,1,4H2,(H,12,14)(H,15,16). The van der Waals surface area contributed by atoms with Crippen molar-refractivity contribution in [3.05, 3.63) is 24.3 Å². The highest BCUT2D eigenvalue weighted by molar-refractivity contribution is 5.94. The highest BCUT2D eigenvalue weighted by atomic mass is 16.4. The van der Waals surface area contributed by atoms with Crippen LogP contribution in [0.4, 0.5) is 0 Å². The van der Waals surface area contributed by atoms with Crippen LogP contribution in [0.5, 0.6) is 0 Å². The molecule has 3 N–H and O–H groups in total. The Labute approximate surface area is 91.2 Å². The third kappa shape index (κ3) is 3.28. The maximum Gasteiger partial charge on any atom is 0.326 e. The molecule has 0 bridgehead atoms. The van der Waals surface area contributed by atoms with E-state index < -0.39 is 17.9 Å². The number of hydrogen-bond acceptors (Lipinski definition) is 5. The largest absolute Gasteiger partial charge is 0.480 e. The van der Waals surface area contributed by atoms with Crippen LogP contribution in [0, 0.1) is 0 Å². The summed E-state index contributed by atoms with van der Waals surface area (Å²) in [6.45, 7) is -0.322. The molecule has 0 saturated carbocycles. The van der Waals surface area contributed by atoms with E-state index in [1.54, 1.807) is 0 Å². The van der Waals surface area contributed by atoms with Gasteiger partial charge in [-0.05, 0) is 0 Å². The minimum Gasteiger partial charge on any atom is -0.480 e. The number of aromatic nitrogens is 2. The molecule has 0 aromatic carbocycles. The fourth-order valence-electron chi connectivity index (χ4n) is 1.04. The van der Waals surface area contributed by atoms with E-state index >= 15 is 0 Å². The molecule has 1 amide bonds. The number of amides is 1. The first-order valence-corrected chi connectivity index (χ1v) is 4.55.